The zero-order valence-electron chi connectivity index (χ0n) is 18.6. The second-order valence-corrected chi connectivity index (χ2v) is 6.61. The molecule has 0 radical (unpaired) electrons. The Morgan fingerprint density at radius 2 is 1.67 bits per heavy atom. The molecule has 2 N–H and O–H groups in total. The lowest BCUT2D eigenvalue weighted by atomic mass is 10.1. The van der Waals surface area contributed by atoms with Crippen LogP contribution in [0.25, 0.3) is 0 Å². The maximum Gasteiger partial charge on any atom is 0.191 e. The third-order valence-electron chi connectivity index (χ3n) is 5.05. The third kappa shape index (κ3) is 7.05. The van der Waals surface area contributed by atoms with Crippen molar-refractivity contribution >= 4 is 29.9 Å². The van der Waals surface area contributed by atoms with Gasteiger partial charge >= 0.3 is 0 Å². The second kappa shape index (κ2) is 14.1. The van der Waals surface area contributed by atoms with Crippen molar-refractivity contribution in [2.75, 3.05) is 40.9 Å². The minimum Gasteiger partial charge on any atom is -0.493 e. The molecule has 0 bridgehead atoms. The van der Waals surface area contributed by atoms with Crippen LogP contribution in [-0.2, 0) is 6.54 Å². The molecule has 0 aliphatic carbocycles. The molecule has 2 aromatic rings. The maximum atomic E-state index is 5.52. The van der Waals surface area contributed by atoms with Crippen molar-refractivity contribution in [1.29, 1.82) is 0 Å². The number of methoxy groups -OCH3 is 2. The van der Waals surface area contributed by atoms with Gasteiger partial charge in [0.05, 0.1) is 20.3 Å². The summed E-state index contributed by atoms with van der Waals surface area (Å²) >= 11 is 0. The normalized spacial score (nSPS) is 12.1. The Kier molecular flexibility index (Phi) is 12.2. The molecule has 0 heterocycles. The first-order chi connectivity index (χ1) is 14.2. The van der Waals surface area contributed by atoms with Crippen LogP contribution in [0.1, 0.15) is 31.0 Å². The van der Waals surface area contributed by atoms with E-state index in [9.17, 15) is 0 Å². The smallest absolute Gasteiger partial charge is 0.191 e. The van der Waals surface area contributed by atoms with Gasteiger partial charge in [-0.05, 0) is 24.7 Å². The molecule has 2 rings (SSSR count). The van der Waals surface area contributed by atoms with Crippen molar-refractivity contribution in [2.24, 2.45) is 4.99 Å². The van der Waals surface area contributed by atoms with Crippen LogP contribution >= 0.6 is 24.0 Å². The summed E-state index contributed by atoms with van der Waals surface area (Å²) in [5.74, 6) is 2.21. The van der Waals surface area contributed by atoms with Gasteiger partial charge in [-0.25, -0.2) is 0 Å². The van der Waals surface area contributed by atoms with Gasteiger partial charge in [0.2, 0.25) is 0 Å². The quantitative estimate of drug-likeness (QED) is 0.278. The number of nitrogens with one attached hydrogen (secondary N) is 2. The third-order valence-corrected chi connectivity index (χ3v) is 5.05. The monoisotopic (exact) mass is 526 g/mol. The number of hydrogen-bond donors (Lipinski definition) is 2. The molecule has 30 heavy (non-hydrogen) atoms. The maximum absolute atomic E-state index is 5.52. The van der Waals surface area contributed by atoms with E-state index < -0.39 is 0 Å². The Morgan fingerprint density at radius 3 is 2.23 bits per heavy atom. The number of nitrogens with zero attached hydrogens (tertiary/aromatic N) is 2. The summed E-state index contributed by atoms with van der Waals surface area (Å²) < 4.78 is 10.9. The van der Waals surface area contributed by atoms with Crippen molar-refractivity contribution in [3.63, 3.8) is 0 Å². The van der Waals surface area contributed by atoms with Gasteiger partial charge in [0.15, 0.2) is 17.5 Å². The van der Waals surface area contributed by atoms with Gasteiger partial charge in [-0.1, -0.05) is 56.3 Å². The molecular weight excluding hydrogens is 491 g/mol. The number of rotatable bonds is 10. The number of guanidine groups is 1. The highest BCUT2D eigenvalue weighted by Gasteiger charge is 2.18. The van der Waals surface area contributed by atoms with Crippen LogP contribution in [0.4, 0.5) is 0 Å². The van der Waals surface area contributed by atoms with Crippen molar-refractivity contribution in [3.8, 4) is 11.5 Å². The lowest BCUT2D eigenvalue weighted by Crippen LogP contribution is -2.43. The van der Waals surface area contributed by atoms with Gasteiger partial charge in [0.25, 0.3) is 0 Å². The van der Waals surface area contributed by atoms with Crippen LogP contribution in [0.2, 0.25) is 0 Å². The molecule has 0 aliphatic rings. The summed E-state index contributed by atoms with van der Waals surface area (Å²) in [6.07, 6.45) is 0. The Bertz CT molecular complexity index is 767. The van der Waals surface area contributed by atoms with Crippen LogP contribution in [-0.4, -0.2) is 51.8 Å². The first-order valence-electron chi connectivity index (χ1n) is 10.1. The average Bonchev–Trinajstić information content (AvgIpc) is 2.78. The molecule has 0 aliphatic heterocycles. The molecule has 2 aromatic carbocycles. The molecule has 6 nitrogen and oxygen atoms in total. The van der Waals surface area contributed by atoms with E-state index in [-0.39, 0.29) is 30.0 Å². The minimum absolute atomic E-state index is 0. The van der Waals surface area contributed by atoms with Crippen molar-refractivity contribution in [3.05, 3.63) is 59.7 Å². The molecule has 0 spiro atoms. The summed E-state index contributed by atoms with van der Waals surface area (Å²) in [7, 11) is 5.09. The molecular formula is C23H35IN4O2. The highest BCUT2D eigenvalue weighted by atomic mass is 127. The number of para-hydroxylation sites is 1. The van der Waals surface area contributed by atoms with Gasteiger partial charge in [0, 0.05) is 25.7 Å². The average molecular weight is 526 g/mol. The predicted octanol–water partition coefficient (Wildman–Crippen LogP) is 4.07. The first kappa shape index (κ1) is 26.0. The Morgan fingerprint density at radius 1 is 0.967 bits per heavy atom. The number of hydrogen-bond acceptors (Lipinski definition) is 4. The van der Waals surface area contributed by atoms with E-state index >= 15 is 0 Å². The lowest BCUT2D eigenvalue weighted by Gasteiger charge is -2.30. The highest BCUT2D eigenvalue weighted by Crippen LogP contribution is 2.30. The van der Waals surface area contributed by atoms with Gasteiger partial charge in [-0.15, -0.1) is 24.0 Å². The van der Waals surface area contributed by atoms with Gasteiger partial charge in [-0.3, -0.25) is 9.89 Å². The molecule has 0 aromatic heterocycles. The van der Waals surface area contributed by atoms with E-state index in [4.69, 9.17) is 9.47 Å². The van der Waals surface area contributed by atoms with Crippen molar-refractivity contribution in [2.45, 2.75) is 26.4 Å². The number of benzene rings is 2. The molecule has 0 amide bonds. The lowest BCUT2D eigenvalue weighted by molar-refractivity contribution is 0.219. The Labute approximate surface area is 198 Å². The summed E-state index contributed by atoms with van der Waals surface area (Å²) in [5, 5.41) is 6.86. The van der Waals surface area contributed by atoms with Crippen molar-refractivity contribution in [1.82, 2.24) is 15.5 Å². The topological polar surface area (TPSA) is 58.1 Å². The Balaban J connectivity index is 0.00000450. The summed E-state index contributed by atoms with van der Waals surface area (Å²) in [5.41, 5.74) is 2.31. The number of halogens is 1. The fourth-order valence-corrected chi connectivity index (χ4v) is 3.48. The standard InChI is InChI=1S/C23H34N4O2.HI/c1-6-27(7-2)20(18-12-9-8-10-13-18)17-26-23(24-3)25-16-19-14-11-15-21(28-4)22(19)29-5;/h8-15,20H,6-7,16-17H2,1-5H3,(H2,24,25,26);1H. The largest absolute Gasteiger partial charge is 0.493 e. The molecule has 1 atom stereocenters. The first-order valence-corrected chi connectivity index (χ1v) is 10.1. The molecule has 7 heteroatoms. The van der Waals surface area contributed by atoms with Crippen LogP contribution < -0.4 is 20.1 Å². The van der Waals surface area contributed by atoms with Crippen LogP contribution in [0.15, 0.2) is 53.5 Å². The Hall–Kier alpha value is -2.00. The van der Waals surface area contributed by atoms with E-state index in [1.807, 2.05) is 18.2 Å². The van der Waals surface area contributed by atoms with E-state index in [0.29, 0.717) is 6.54 Å². The van der Waals surface area contributed by atoms with Gasteiger partial charge in [-0.2, -0.15) is 0 Å². The number of aliphatic imine (C=N–C) groups is 1. The number of likely N-dealkylation sites (N-methyl/N-ethyl adjacent to an activating group) is 1. The molecule has 1 unspecified atom stereocenters. The highest BCUT2D eigenvalue weighted by molar-refractivity contribution is 14.0. The van der Waals surface area contributed by atoms with Crippen LogP contribution in [0.5, 0.6) is 11.5 Å². The fourth-order valence-electron chi connectivity index (χ4n) is 3.48. The number of ether oxygens (including phenoxy) is 2. The zero-order valence-corrected chi connectivity index (χ0v) is 21.0. The van der Waals surface area contributed by atoms with Crippen LogP contribution in [0.3, 0.4) is 0 Å². The summed E-state index contributed by atoms with van der Waals surface area (Å²) in [6, 6.07) is 16.7. The van der Waals surface area contributed by atoms with Gasteiger partial charge in [0.1, 0.15) is 0 Å². The minimum atomic E-state index is 0. The van der Waals surface area contributed by atoms with E-state index in [0.717, 1.165) is 42.7 Å². The molecule has 166 valence electrons. The van der Waals surface area contributed by atoms with E-state index in [2.05, 4.69) is 64.7 Å². The summed E-state index contributed by atoms with van der Waals surface area (Å²) in [6.45, 7) is 7.72. The van der Waals surface area contributed by atoms with Gasteiger partial charge < -0.3 is 20.1 Å². The molecule has 0 saturated heterocycles. The summed E-state index contributed by atoms with van der Waals surface area (Å²) in [4.78, 5) is 6.83. The van der Waals surface area contributed by atoms with Crippen LogP contribution in [0, 0.1) is 0 Å². The SMILES string of the molecule is CCN(CC)C(CNC(=NC)NCc1cccc(OC)c1OC)c1ccccc1.I. The second-order valence-electron chi connectivity index (χ2n) is 6.61. The fraction of sp³-hybridized carbons (Fsp3) is 0.435. The van der Waals surface area contributed by atoms with E-state index in [1.54, 1.807) is 21.3 Å². The molecule has 0 fully saturated rings. The van der Waals surface area contributed by atoms with E-state index in [1.165, 1.54) is 5.56 Å². The zero-order chi connectivity index (χ0) is 21.1. The van der Waals surface area contributed by atoms with Crippen molar-refractivity contribution < 1.29 is 9.47 Å². The predicted molar refractivity (Wildman–Crippen MR) is 135 cm³/mol. The molecule has 0 saturated carbocycles.